The number of Topliss-reactive ketones (excluding diaryl/α,β-unsaturated/α-hetero) is 1. The van der Waals surface area contributed by atoms with Gasteiger partial charge < -0.3 is 14.6 Å². The third-order valence-electron chi connectivity index (χ3n) is 12.3. The fourth-order valence-corrected chi connectivity index (χ4v) is 9.74. The molecule has 0 saturated heterocycles. The van der Waals surface area contributed by atoms with Gasteiger partial charge in [0, 0.05) is 6.42 Å². The van der Waals surface area contributed by atoms with Gasteiger partial charge in [-0.2, -0.15) is 0 Å². The predicted octanol–water partition coefficient (Wildman–Crippen LogP) is 9.97. The Morgan fingerprint density at radius 1 is 0.492 bits per heavy atom. The molecule has 9 heteroatoms. The number of fused-ring (bicyclic) bond motifs is 6. The van der Waals surface area contributed by atoms with E-state index in [0.29, 0.717) is 0 Å². The molecule has 6 aromatic carbocycles. The number of rotatable bonds is 15. The van der Waals surface area contributed by atoms with Gasteiger partial charge in [-0.25, -0.2) is 0 Å². The van der Waals surface area contributed by atoms with Crippen LogP contribution in [0, 0.1) is 5.92 Å². The van der Waals surface area contributed by atoms with E-state index in [1.165, 1.54) is 0 Å². The number of nitrogens with one attached hydrogen (secondary N) is 2. The second-order valence-corrected chi connectivity index (χ2v) is 19.0. The number of esters is 2. The van der Waals surface area contributed by atoms with Crippen molar-refractivity contribution in [2.45, 2.75) is 95.2 Å². The summed E-state index contributed by atoms with van der Waals surface area (Å²) in [5.74, 6) is -4.93. The molecule has 2 aliphatic carbocycles. The van der Waals surface area contributed by atoms with Gasteiger partial charge in [0.25, 0.3) is 0 Å². The van der Waals surface area contributed by atoms with Gasteiger partial charge in [0.2, 0.25) is 0 Å². The fourth-order valence-electron chi connectivity index (χ4n) is 9.74. The molecule has 0 bridgehead atoms. The Kier molecular flexibility index (Phi) is 12.2. The maximum Gasteiger partial charge on any atom is 0.323 e. The molecule has 2 aliphatic rings. The van der Waals surface area contributed by atoms with E-state index in [2.05, 4.69) is 22.8 Å². The number of aliphatic carboxylic acids is 1. The van der Waals surface area contributed by atoms with Crippen LogP contribution in [0.15, 0.2) is 158 Å². The van der Waals surface area contributed by atoms with E-state index >= 15 is 0 Å². The van der Waals surface area contributed by atoms with Crippen LogP contribution in [0.25, 0.3) is 22.3 Å². The first-order valence-corrected chi connectivity index (χ1v) is 22.3. The van der Waals surface area contributed by atoms with Crippen LogP contribution in [0.2, 0.25) is 0 Å². The van der Waals surface area contributed by atoms with Gasteiger partial charge in [0.1, 0.15) is 35.0 Å². The number of carboxylic acid groups (broad SMARTS) is 1. The molecule has 9 nitrogen and oxygen atoms in total. The van der Waals surface area contributed by atoms with E-state index in [4.69, 9.17) is 9.47 Å². The third kappa shape index (κ3) is 8.66. The zero-order valence-electron chi connectivity index (χ0n) is 37.8. The molecule has 0 fully saturated rings. The molecule has 332 valence electrons. The van der Waals surface area contributed by atoms with Crippen molar-refractivity contribution in [3.63, 3.8) is 0 Å². The molecular weight excluding hydrogens is 813 g/mol. The summed E-state index contributed by atoms with van der Waals surface area (Å²) in [4.78, 5) is 57.0. The molecule has 0 radical (unpaired) electrons. The maximum absolute atomic E-state index is 14.7. The summed E-state index contributed by atoms with van der Waals surface area (Å²) in [5.41, 5.74) is 5.35. The van der Waals surface area contributed by atoms with Crippen LogP contribution in [0.5, 0.6) is 0 Å². The number of carboxylic acids is 1. The molecule has 3 atom stereocenters. The third-order valence-corrected chi connectivity index (χ3v) is 12.3. The number of carbonyl (C=O) groups is 4. The molecule has 3 N–H and O–H groups in total. The Morgan fingerprint density at radius 2 is 0.815 bits per heavy atom. The number of ketones is 1. The van der Waals surface area contributed by atoms with Crippen molar-refractivity contribution in [1.82, 2.24) is 10.6 Å². The van der Waals surface area contributed by atoms with E-state index in [1.807, 2.05) is 146 Å². The molecule has 8 rings (SSSR count). The lowest BCUT2D eigenvalue weighted by Gasteiger charge is -2.38. The standard InChI is InChI=1S/C56H56N2O7/c1-53(2,3)64-51(62)47(57-55(36-21-9-7-10-22-36)43-29-17-13-25-38(43)39-26-14-18-30-44(39)55)33-34-49(59)42(50(60)61)35-48(52(63)65-54(4,5)6)58-56(37-23-11-8-12-24-37)45-31-19-15-27-40(45)41-28-16-20-32-46(41)56/h7-32,42,47-48,57-58H,33-35H2,1-6H3,(H,60,61)/t42?,47-,48-/m0/s1. The van der Waals surface area contributed by atoms with E-state index in [0.717, 1.165) is 55.6 Å². The van der Waals surface area contributed by atoms with Gasteiger partial charge in [-0.1, -0.05) is 158 Å². The second-order valence-electron chi connectivity index (χ2n) is 19.0. The van der Waals surface area contributed by atoms with Crippen LogP contribution in [-0.4, -0.2) is 52.1 Å². The molecule has 0 amide bonds. The molecule has 0 heterocycles. The number of benzene rings is 6. The summed E-state index contributed by atoms with van der Waals surface area (Å²) in [6.07, 6.45) is -0.810. The minimum absolute atomic E-state index is 0.0876. The normalized spacial score (nSPS) is 15.6. The molecule has 0 aliphatic heterocycles. The average Bonchev–Trinajstić information content (AvgIpc) is 3.73. The Labute approximate surface area is 381 Å². The molecule has 0 aromatic heterocycles. The first kappa shape index (κ1) is 44.9. The van der Waals surface area contributed by atoms with Crippen molar-refractivity contribution in [2.75, 3.05) is 0 Å². The summed E-state index contributed by atoms with van der Waals surface area (Å²) >= 11 is 0. The highest BCUT2D eigenvalue weighted by Gasteiger charge is 2.50. The smallest absolute Gasteiger partial charge is 0.323 e. The number of ether oxygens (including phenoxy) is 2. The van der Waals surface area contributed by atoms with Crippen molar-refractivity contribution >= 4 is 23.7 Å². The first-order valence-electron chi connectivity index (χ1n) is 22.3. The Balaban J connectivity index is 1.16. The molecule has 0 saturated carbocycles. The van der Waals surface area contributed by atoms with E-state index in [9.17, 15) is 24.3 Å². The average molecular weight is 869 g/mol. The number of carbonyl (C=O) groups excluding carboxylic acids is 3. The molecule has 0 spiro atoms. The SMILES string of the molecule is CC(C)(C)OC(=O)[C@H](CCC(=O)C(C[C@H](NC1(c2ccccc2)c2ccccc2-c2ccccc21)C(=O)OC(C)(C)C)C(=O)O)NC1(c2ccccc2)c2ccccc2-c2ccccc21. The van der Waals surface area contributed by atoms with Crippen LogP contribution >= 0.6 is 0 Å². The lowest BCUT2D eigenvalue weighted by atomic mass is 9.79. The van der Waals surface area contributed by atoms with Crippen molar-refractivity contribution in [3.8, 4) is 22.3 Å². The number of hydrogen-bond donors (Lipinski definition) is 3. The first-order chi connectivity index (χ1) is 31.0. The lowest BCUT2D eigenvalue weighted by molar-refractivity contribution is -0.159. The Bertz CT molecular complexity index is 2640. The molecule has 6 aromatic rings. The number of hydrogen-bond acceptors (Lipinski definition) is 8. The van der Waals surface area contributed by atoms with Crippen molar-refractivity contribution < 1.29 is 33.8 Å². The Morgan fingerprint density at radius 3 is 1.17 bits per heavy atom. The van der Waals surface area contributed by atoms with Crippen molar-refractivity contribution in [1.29, 1.82) is 0 Å². The second kappa shape index (κ2) is 17.7. The van der Waals surface area contributed by atoms with Gasteiger partial charge in [0.15, 0.2) is 0 Å². The van der Waals surface area contributed by atoms with Gasteiger partial charge in [-0.05, 0) is 110 Å². The topological polar surface area (TPSA) is 131 Å². The zero-order valence-corrected chi connectivity index (χ0v) is 37.8. The maximum atomic E-state index is 14.7. The minimum atomic E-state index is -1.64. The fraction of sp³-hybridized carbons (Fsp3) is 0.286. The van der Waals surface area contributed by atoms with E-state index in [-0.39, 0.29) is 12.8 Å². The monoisotopic (exact) mass is 868 g/mol. The molecule has 1 unspecified atom stereocenters. The van der Waals surface area contributed by atoms with Gasteiger partial charge in [0.05, 0.1) is 11.1 Å². The minimum Gasteiger partial charge on any atom is -0.481 e. The van der Waals surface area contributed by atoms with Crippen molar-refractivity contribution in [2.24, 2.45) is 5.92 Å². The molecule has 65 heavy (non-hydrogen) atoms. The zero-order chi connectivity index (χ0) is 46.1. The highest BCUT2D eigenvalue weighted by Crippen LogP contribution is 2.53. The lowest BCUT2D eigenvalue weighted by Crippen LogP contribution is -2.54. The van der Waals surface area contributed by atoms with Crippen LogP contribution < -0.4 is 10.6 Å². The predicted molar refractivity (Wildman–Crippen MR) is 252 cm³/mol. The summed E-state index contributed by atoms with van der Waals surface area (Å²) in [5, 5.41) is 18.3. The summed E-state index contributed by atoms with van der Waals surface area (Å²) in [6, 6.07) is 49.2. The van der Waals surface area contributed by atoms with E-state index in [1.54, 1.807) is 41.5 Å². The summed E-state index contributed by atoms with van der Waals surface area (Å²) < 4.78 is 12.0. The summed E-state index contributed by atoms with van der Waals surface area (Å²) in [6.45, 7) is 10.6. The van der Waals surface area contributed by atoms with E-state index < -0.39 is 70.4 Å². The van der Waals surface area contributed by atoms with Crippen LogP contribution in [0.3, 0.4) is 0 Å². The van der Waals surface area contributed by atoms with Gasteiger partial charge >= 0.3 is 17.9 Å². The van der Waals surface area contributed by atoms with Crippen LogP contribution in [-0.2, 0) is 39.7 Å². The largest absolute Gasteiger partial charge is 0.481 e. The van der Waals surface area contributed by atoms with Crippen LogP contribution in [0.4, 0.5) is 0 Å². The highest BCUT2D eigenvalue weighted by atomic mass is 16.6. The van der Waals surface area contributed by atoms with Gasteiger partial charge in [-0.15, -0.1) is 0 Å². The highest BCUT2D eigenvalue weighted by molar-refractivity contribution is 5.99. The summed E-state index contributed by atoms with van der Waals surface area (Å²) in [7, 11) is 0. The van der Waals surface area contributed by atoms with Gasteiger partial charge in [-0.3, -0.25) is 29.8 Å². The van der Waals surface area contributed by atoms with Crippen molar-refractivity contribution in [3.05, 3.63) is 191 Å². The Hall–Kier alpha value is -6.68. The quantitative estimate of drug-likeness (QED) is 0.0682. The van der Waals surface area contributed by atoms with Crippen LogP contribution in [0.1, 0.15) is 94.2 Å². The molecular formula is C56H56N2O7.